The average molecular weight is 688 g/mol. The lowest BCUT2D eigenvalue weighted by atomic mass is 10.2. The maximum Gasteiger partial charge on any atom is 0.257 e. The van der Waals surface area contributed by atoms with Crippen LogP contribution in [0.2, 0.25) is 5.02 Å². The number of halogens is 5. The summed E-state index contributed by atoms with van der Waals surface area (Å²) in [6.07, 6.45) is 0. The van der Waals surface area contributed by atoms with E-state index in [9.17, 15) is 4.79 Å². The third-order valence-electron chi connectivity index (χ3n) is 2.42. The van der Waals surface area contributed by atoms with Crippen molar-refractivity contribution >= 4 is 107 Å². The molecule has 2 aromatic rings. The molecule has 7 heteroatoms. The van der Waals surface area contributed by atoms with Crippen LogP contribution in [0.3, 0.4) is 0 Å². The van der Waals surface area contributed by atoms with E-state index in [1.54, 1.807) is 18.2 Å². The summed E-state index contributed by atoms with van der Waals surface area (Å²) < 4.78 is 3.95. The Kier molecular flexibility index (Phi) is 6.40. The third-order valence-corrected chi connectivity index (χ3v) is 5.57. The molecule has 0 aliphatic rings. The van der Waals surface area contributed by atoms with Gasteiger partial charge in [0, 0.05) is 15.2 Å². The first kappa shape index (κ1) is 17.2. The third kappa shape index (κ3) is 4.20. The van der Waals surface area contributed by atoms with Crippen molar-refractivity contribution in [1.29, 1.82) is 0 Å². The normalized spacial score (nSPS) is 10.4. The van der Waals surface area contributed by atoms with Crippen LogP contribution < -0.4 is 5.32 Å². The van der Waals surface area contributed by atoms with Crippen molar-refractivity contribution in [3.63, 3.8) is 0 Å². The minimum atomic E-state index is -0.214. The van der Waals surface area contributed by atoms with E-state index in [0.29, 0.717) is 10.6 Å². The zero-order valence-corrected chi connectivity index (χ0v) is 18.5. The van der Waals surface area contributed by atoms with E-state index in [1.807, 2.05) is 12.1 Å². The highest BCUT2D eigenvalue weighted by molar-refractivity contribution is 14.1. The van der Waals surface area contributed by atoms with Crippen LogP contribution in [0, 0.1) is 10.7 Å². The first-order chi connectivity index (χ1) is 9.38. The van der Waals surface area contributed by atoms with Crippen LogP contribution in [0.4, 0.5) is 5.69 Å². The smallest absolute Gasteiger partial charge is 0.257 e. The number of hydrogen-bond acceptors (Lipinski definition) is 1. The molecule has 2 rings (SSSR count). The number of anilines is 1. The Labute approximate surface area is 171 Å². The number of rotatable bonds is 2. The first-order valence-corrected chi connectivity index (χ1v) is 9.70. The summed E-state index contributed by atoms with van der Waals surface area (Å²) in [4.78, 5) is 12.4. The summed E-state index contributed by atoms with van der Waals surface area (Å²) in [5.41, 5.74) is 1.26. The lowest BCUT2D eigenvalue weighted by Crippen LogP contribution is -2.14. The van der Waals surface area contributed by atoms with Gasteiger partial charge in [-0.1, -0.05) is 27.5 Å². The quantitative estimate of drug-likeness (QED) is 0.377. The second kappa shape index (κ2) is 7.42. The van der Waals surface area contributed by atoms with Crippen molar-refractivity contribution in [2.45, 2.75) is 0 Å². The van der Waals surface area contributed by atoms with Crippen molar-refractivity contribution in [2.24, 2.45) is 0 Å². The summed E-state index contributed by atoms with van der Waals surface area (Å²) in [6, 6.07) is 9.24. The average Bonchev–Trinajstić information content (AvgIpc) is 2.36. The monoisotopic (exact) mass is 687 g/mol. The molecule has 0 spiro atoms. The van der Waals surface area contributed by atoms with Crippen molar-refractivity contribution < 1.29 is 4.79 Å². The van der Waals surface area contributed by atoms with Gasteiger partial charge in [-0.15, -0.1) is 0 Å². The predicted octanol–water partition coefficient (Wildman–Crippen LogP) is 6.17. The Morgan fingerprint density at radius 2 is 1.70 bits per heavy atom. The van der Waals surface area contributed by atoms with Gasteiger partial charge in [0.1, 0.15) is 0 Å². The second-order valence-electron chi connectivity index (χ2n) is 3.82. The summed E-state index contributed by atoms with van der Waals surface area (Å²) >= 11 is 16.1. The highest BCUT2D eigenvalue weighted by Crippen LogP contribution is 2.29. The Morgan fingerprint density at radius 1 is 1.10 bits per heavy atom. The van der Waals surface area contributed by atoms with Crippen molar-refractivity contribution in [2.75, 3.05) is 5.32 Å². The van der Waals surface area contributed by atoms with Crippen LogP contribution in [0.5, 0.6) is 0 Å². The Bertz CT molecular complexity index is 670. The van der Waals surface area contributed by atoms with Gasteiger partial charge in [0.15, 0.2) is 0 Å². The molecule has 2 nitrogen and oxygen atoms in total. The molecule has 0 atom stereocenters. The molecule has 0 saturated heterocycles. The van der Waals surface area contributed by atoms with Crippen LogP contribution in [-0.4, -0.2) is 5.91 Å². The second-order valence-corrected chi connectivity index (χ2v) is 8.72. The SMILES string of the molecule is O=C(Nc1c(I)cc(I)cc1I)c1cc(Br)ccc1Cl. The first-order valence-electron chi connectivity index (χ1n) is 5.29. The maximum absolute atomic E-state index is 12.4. The topological polar surface area (TPSA) is 29.1 Å². The number of amides is 1. The molecule has 0 aliphatic heterocycles. The van der Waals surface area contributed by atoms with Crippen LogP contribution in [0.1, 0.15) is 10.4 Å². The number of nitrogens with one attached hydrogen (secondary N) is 1. The molecule has 0 radical (unpaired) electrons. The molecule has 0 fully saturated rings. The Balaban J connectivity index is 2.35. The molecule has 0 unspecified atom stereocenters. The molecule has 0 heterocycles. The van der Waals surface area contributed by atoms with E-state index in [4.69, 9.17) is 11.6 Å². The molecular weight excluding hydrogens is 682 g/mol. The van der Waals surface area contributed by atoms with Gasteiger partial charge in [0.2, 0.25) is 0 Å². The molecule has 104 valence electrons. The lowest BCUT2D eigenvalue weighted by molar-refractivity contribution is 0.102. The maximum atomic E-state index is 12.4. The molecule has 0 aromatic heterocycles. The van der Waals surface area contributed by atoms with Crippen LogP contribution in [0.25, 0.3) is 0 Å². The summed E-state index contributed by atoms with van der Waals surface area (Å²) in [6.45, 7) is 0. The lowest BCUT2D eigenvalue weighted by Gasteiger charge is -2.11. The van der Waals surface area contributed by atoms with E-state index in [1.165, 1.54) is 0 Å². The van der Waals surface area contributed by atoms with E-state index < -0.39 is 0 Å². The van der Waals surface area contributed by atoms with Gasteiger partial charge in [-0.2, -0.15) is 0 Å². The van der Waals surface area contributed by atoms with Crippen LogP contribution >= 0.6 is 95.3 Å². The fourth-order valence-electron chi connectivity index (χ4n) is 1.51. The molecule has 0 bridgehead atoms. The highest BCUT2D eigenvalue weighted by Gasteiger charge is 2.15. The fraction of sp³-hybridized carbons (Fsp3) is 0. The van der Waals surface area contributed by atoms with E-state index in [-0.39, 0.29) is 5.91 Å². The number of hydrogen-bond donors (Lipinski definition) is 1. The molecule has 2 aromatic carbocycles. The largest absolute Gasteiger partial charge is 0.320 e. The van der Waals surface area contributed by atoms with Gasteiger partial charge < -0.3 is 5.32 Å². The van der Waals surface area contributed by atoms with E-state index in [2.05, 4.69) is 89.0 Å². The summed E-state index contributed by atoms with van der Waals surface area (Å²) in [5, 5.41) is 3.36. The zero-order chi connectivity index (χ0) is 14.9. The zero-order valence-electron chi connectivity index (χ0n) is 9.68. The van der Waals surface area contributed by atoms with Crippen molar-refractivity contribution in [3.8, 4) is 0 Å². The summed E-state index contributed by atoms with van der Waals surface area (Å²) in [7, 11) is 0. The number of carbonyl (C=O) groups is 1. The van der Waals surface area contributed by atoms with E-state index >= 15 is 0 Å². The van der Waals surface area contributed by atoms with Gasteiger partial charge in [-0.05, 0) is 98.1 Å². The van der Waals surface area contributed by atoms with Crippen LogP contribution in [-0.2, 0) is 0 Å². The molecule has 20 heavy (non-hydrogen) atoms. The van der Waals surface area contributed by atoms with Gasteiger partial charge in [0.25, 0.3) is 5.91 Å². The number of carbonyl (C=O) groups excluding carboxylic acids is 1. The molecule has 1 amide bonds. The highest BCUT2D eigenvalue weighted by atomic mass is 127. The molecule has 1 N–H and O–H groups in total. The Morgan fingerprint density at radius 3 is 2.30 bits per heavy atom. The van der Waals surface area contributed by atoms with Crippen molar-refractivity contribution in [3.05, 3.63) is 56.1 Å². The van der Waals surface area contributed by atoms with Gasteiger partial charge in [-0.25, -0.2) is 0 Å². The van der Waals surface area contributed by atoms with Gasteiger partial charge in [0.05, 0.1) is 16.3 Å². The van der Waals surface area contributed by atoms with Gasteiger partial charge in [-0.3, -0.25) is 4.79 Å². The molecule has 0 saturated carbocycles. The van der Waals surface area contributed by atoms with E-state index in [0.717, 1.165) is 20.9 Å². The summed E-state index contributed by atoms with van der Waals surface area (Å²) in [5.74, 6) is -0.214. The van der Waals surface area contributed by atoms with Crippen molar-refractivity contribution in [1.82, 2.24) is 0 Å². The standard InChI is InChI=1S/C13H6BrClI3NO/c14-6-1-2-9(15)8(3-6)13(20)19-12-10(17)4-7(16)5-11(12)18/h1-5H,(H,19,20). The Hall–Kier alpha value is 0.870. The molecular formula is C13H6BrClI3NO. The van der Waals surface area contributed by atoms with Gasteiger partial charge >= 0.3 is 0 Å². The number of benzene rings is 2. The van der Waals surface area contributed by atoms with Crippen LogP contribution in [0.15, 0.2) is 34.8 Å². The molecule has 0 aliphatic carbocycles. The fourth-order valence-corrected chi connectivity index (χ4v) is 5.93. The predicted molar refractivity (Wildman–Crippen MR) is 112 cm³/mol. The minimum absolute atomic E-state index is 0.214. The minimum Gasteiger partial charge on any atom is -0.320 e.